The Morgan fingerprint density at radius 1 is 1.11 bits per heavy atom. The van der Waals surface area contributed by atoms with Gasteiger partial charge in [-0.2, -0.15) is 5.26 Å². The highest BCUT2D eigenvalue weighted by molar-refractivity contribution is 9.10. The van der Waals surface area contributed by atoms with Gasteiger partial charge in [0.1, 0.15) is 23.3 Å². The number of nitriles is 1. The highest BCUT2D eigenvalue weighted by atomic mass is 79.9. The van der Waals surface area contributed by atoms with Crippen molar-refractivity contribution in [3.63, 3.8) is 0 Å². The number of amides is 1. The van der Waals surface area contributed by atoms with Crippen molar-refractivity contribution in [3.8, 4) is 6.07 Å². The Labute approximate surface area is 173 Å². The molecule has 0 aliphatic carbocycles. The van der Waals surface area contributed by atoms with E-state index in [1.807, 2.05) is 0 Å². The normalized spacial score (nSPS) is 10.3. The minimum atomic E-state index is -0.556. The summed E-state index contributed by atoms with van der Waals surface area (Å²) in [5, 5.41) is 10.8. The van der Waals surface area contributed by atoms with Crippen molar-refractivity contribution in [3.05, 3.63) is 68.1 Å². The third-order valence-corrected chi connectivity index (χ3v) is 3.88. The van der Waals surface area contributed by atoms with E-state index in [4.69, 9.17) is 10.00 Å². The third kappa shape index (κ3) is 8.98. The predicted molar refractivity (Wildman–Crippen MR) is 106 cm³/mol. The summed E-state index contributed by atoms with van der Waals surface area (Å²) in [7, 11) is 0. The van der Waals surface area contributed by atoms with Crippen LogP contribution in [0, 0.1) is 23.0 Å². The highest BCUT2D eigenvalue weighted by Crippen LogP contribution is 2.15. The number of carbonyl (C=O) groups excluding carboxylic acids is 1. The fourth-order valence-corrected chi connectivity index (χ4v) is 2.39. The smallest absolute Gasteiger partial charge is 0.407 e. The van der Waals surface area contributed by atoms with Crippen molar-refractivity contribution < 1.29 is 18.3 Å². The molecule has 0 saturated carbocycles. The maximum absolute atomic E-state index is 13.4. The minimum absolute atomic E-state index is 0.0724. The lowest BCUT2D eigenvalue weighted by Gasteiger charge is -2.19. The Morgan fingerprint density at radius 3 is 2.15 bits per heavy atom. The Bertz CT molecular complexity index is 847. The fourth-order valence-electron chi connectivity index (χ4n) is 1.73. The van der Waals surface area contributed by atoms with Gasteiger partial charge in [0.05, 0.1) is 5.56 Å². The molecule has 1 N–H and O–H groups in total. The number of benzene rings is 2. The van der Waals surface area contributed by atoms with Crippen LogP contribution in [0.4, 0.5) is 13.6 Å². The second-order valence-electron chi connectivity index (χ2n) is 6.33. The van der Waals surface area contributed by atoms with E-state index in [2.05, 4.69) is 37.2 Å². The summed E-state index contributed by atoms with van der Waals surface area (Å²) >= 11 is 6.24. The molecule has 0 aromatic heterocycles. The van der Waals surface area contributed by atoms with E-state index in [0.717, 1.165) is 0 Å². The van der Waals surface area contributed by atoms with Crippen molar-refractivity contribution in [1.29, 1.82) is 5.26 Å². The van der Waals surface area contributed by atoms with Crippen LogP contribution in [0.3, 0.4) is 0 Å². The molecule has 8 heteroatoms. The molecule has 144 valence electrons. The number of alkyl carbamates (subject to hydrolysis) is 1. The maximum atomic E-state index is 13.4. The second kappa shape index (κ2) is 10.4. The van der Waals surface area contributed by atoms with Gasteiger partial charge >= 0.3 is 6.09 Å². The number of halogens is 4. The second-order valence-corrected chi connectivity index (χ2v) is 8.16. The number of carbonyl (C=O) groups is 1. The average molecular weight is 504 g/mol. The van der Waals surface area contributed by atoms with Gasteiger partial charge in [0.25, 0.3) is 0 Å². The van der Waals surface area contributed by atoms with Crippen LogP contribution in [-0.2, 0) is 11.3 Å². The van der Waals surface area contributed by atoms with Gasteiger partial charge in [-0.3, -0.25) is 0 Å². The number of nitrogens with zero attached hydrogens (tertiary/aromatic N) is 1. The zero-order valence-corrected chi connectivity index (χ0v) is 18.1. The summed E-state index contributed by atoms with van der Waals surface area (Å²) < 4.78 is 32.4. The Morgan fingerprint density at radius 2 is 1.67 bits per heavy atom. The van der Waals surface area contributed by atoms with Crippen molar-refractivity contribution in [2.24, 2.45) is 0 Å². The standard InChI is InChI=1S/C12H15BrFNO2.C7H3BrFN/c1-12(2,3)17-11(16)15-7-8-4-5-9(13)6-10(8)14;8-6-2-1-5(4-10)7(9)3-6/h4-6H,7H2,1-3H3,(H,15,16);1-3H. The van der Waals surface area contributed by atoms with Crippen molar-refractivity contribution in [2.45, 2.75) is 32.9 Å². The first-order valence-electron chi connectivity index (χ1n) is 7.78. The first kappa shape index (κ1) is 23.1. The summed E-state index contributed by atoms with van der Waals surface area (Å²) in [5.74, 6) is -0.854. The minimum Gasteiger partial charge on any atom is -0.444 e. The van der Waals surface area contributed by atoms with Gasteiger partial charge in [-0.25, -0.2) is 13.6 Å². The lowest BCUT2D eigenvalue weighted by Crippen LogP contribution is -2.32. The summed E-state index contributed by atoms with van der Waals surface area (Å²) in [6.45, 7) is 5.42. The van der Waals surface area contributed by atoms with Crippen LogP contribution >= 0.6 is 31.9 Å². The largest absolute Gasteiger partial charge is 0.444 e. The van der Waals surface area contributed by atoms with Crippen LogP contribution in [0.15, 0.2) is 45.3 Å². The molecule has 0 bridgehead atoms. The van der Waals surface area contributed by atoms with Gasteiger partial charge in [-0.1, -0.05) is 37.9 Å². The van der Waals surface area contributed by atoms with E-state index in [1.165, 1.54) is 18.2 Å². The van der Waals surface area contributed by atoms with Crippen LogP contribution < -0.4 is 5.32 Å². The third-order valence-electron chi connectivity index (χ3n) is 2.89. The molecule has 0 saturated heterocycles. The molecule has 0 heterocycles. The lowest BCUT2D eigenvalue weighted by molar-refractivity contribution is 0.0523. The van der Waals surface area contributed by atoms with E-state index in [0.29, 0.717) is 14.5 Å². The van der Waals surface area contributed by atoms with E-state index < -0.39 is 17.5 Å². The van der Waals surface area contributed by atoms with Crippen LogP contribution in [-0.4, -0.2) is 11.7 Å². The van der Waals surface area contributed by atoms with E-state index in [1.54, 1.807) is 45.0 Å². The molecule has 0 unspecified atom stereocenters. The number of nitrogens with one attached hydrogen (secondary N) is 1. The average Bonchev–Trinajstić information content (AvgIpc) is 2.53. The number of ether oxygens (including phenoxy) is 1. The molecule has 0 atom stereocenters. The van der Waals surface area contributed by atoms with Gasteiger partial charge in [0.15, 0.2) is 0 Å². The van der Waals surface area contributed by atoms with Gasteiger partial charge in [0.2, 0.25) is 0 Å². The van der Waals surface area contributed by atoms with Crippen LogP contribution in [0.25, 0.3) is 0 Å². The summed E-state index contributed by atoms with van der Waals surface area (Å²) in [5.41, 5.74) is -0.0650. The Kier molecular flexibility index (Phi) is 8.86. The zero-order chi connectivity index (χ0) is 20.6. The first-order chi connectivity index (χ1) is 12.5. The fraction of sp³-hybridized carbons (Fsp3) is 0.263. The summed E-state index contributed by atoms with van der Waals surface area (Å²) in [4.78, 5) is 11.3. The monoisotopic (exact) mass is 502 g/mol. The molecule has 0 radical (unpaired) electrons. The molecule has 2 aromatic carbocycles. The van der Waals surface area contributed by atoms with E-state index in [9.17, 15) is 13.6 Å². The number of rotatable bonds is 2. The van der Waals surface area contributed by atoms with E-state index >= 15 is 0 Å². The van der Waals surface area contributed by atoms with Crippen LogP contribution in [0.1, 0.15) is 31.9 Å². The topological polar surface area (TPSA) is 62.1 Å². The molecular formula is C19H18Br2F2N2O2. The summed E-state index contributed by atoms with van der Waals surface area (Å²) in [6.07, 6.45) is -0.556. The predicted octanol–water partition coefficient (Wildman–Crippen LogP) is 6.07. The molecular weight excluding hydrogens is 486 g/mol. The molecule has 4 nitrogen and oxygen atoms in total. The first-order valence-corrected chi connectivity index (χ1v) is 9.36. The molecule has 2 aromatic rings. The Hall–Kier alpha value is -1.98. The zero-order valence-electron chi connectivity index (χ0n) is 14.9. The highest BCUT2D eigenvalue weighted by Gasteiger charge is 2.16. The van der Waals surface area contributed by atoms with Crippen LogP contribution in [0.5, 0.6) is 0 Å². The van der Waals surface area contributed by atoms with Gasteiger partial charge < -0.3 is 10.1 Å². The van der Waals surface area contributed by atoms with Crippen LogP contribution in [0.2, 0.25) is 0 Å². The molecule has 2 rings (SSSR count). The maximum Gasteiger partial charge on any atom is 0.407 e. The molecule has 0 fully saturated rings. The van der Waals surface area contributed by atoms with Gasteiger partial charge in [-0.15, -0.1) is 0 Å². The Balaban J connectivity index is 0.000000309. The van der Waals surface area contributed by atoms with Crippen molar-refractivity contribution in [1.82, 2.24) is 5.32 Å². The van der Waals surface area contributed by atoms with Crippen molar-refractivity contribution in [2.75, 3.05) is 0 Å². The summed E-state index contributed by atoms with van der Waals surface area (Å²) in [6, 6.07) is 10.7. The number of hydrogen-bond donors (Lipinski definition) is 1. The molecule has 27 heavy (non-hydrogen) atoms. The molecule has 0 spiro atoms. The SMILES string of the molecule is CC(C)(C)OC(=O)NCc1ccc(Br)cc1F.N#Cc1ccc(Br)cc1F. The van der Waals surface area contributed by atoms with Gasteiger partial charge in [-0.05, 0) is 51.1 Å². The van der Waals surface area contributed by atoms with E-state index in [-0.39, 0.29) is 17.9 Å². The molecule has 0 aliphatic rings. The van der Waals surface area contributed by atoms with Gasteiger partial charge in [0, 0.05) is 21.1 Å². The molecule has 0 aliphatic heterocycles. The lowest BCUT2D eigenvalue weighted by atomic mass is 10.2. The van der Waals surface area contributed by atoms with Crippen molar-refractivity contribution >= 4 is 38.0 Å². The number of hydrogen-bond acceptors (Lipinski definition) is 3. The quantitative estimate of drug-likeness (QED) is 0.540. The molecule has 1 amide bonds.